The summed E-state index contributed by atoms with van der Waals surface area (Å²) in [6, 6.07) is 7.60. The maximum atomic E-state index is 12.6. The number of nitrogen functional groups attached to an aromatic ring is 1. The fourth-order valence-electron chi connectivity index (χ4n) is 2.89. The molecule has 2 rings (SSSR count). The van der Waals surface area contributed by atoms with Gasteiger partial charge < -0.3 is 10.6 Å². The van der Waals surface area contributed by atoms with Crippen molar-refractivity contribution in [3.05, 3.63) is 24.3 Å². The normalized spacial score (nSPS) is 23.1. The van der Waals surface area contributed by atoms with E-state index in [2.05, 4.69) is 6.92 Å². The first kappa shape index (κ1) is 13.9. The van der Waals surface area contributed by atoms with E-state index in [-0.39, 0.29) is 11.8 Å². The Bertz CT molecular complexity index is 436. The van der Waals surface area contributed by atoms with E-state index >= 15 is 0 Å². The number of carbonyl (C=O) groups is 1. The number of amides is 1. The summed E-state index contributed by atoms with van der Waals surface area (Å²) in [7, 11) is 0. The SMILES string of the molecule is CCN(C(=O)C1CCC(C)CC1)c1cccc(N)c1. The molecule has 1 aliphatic rings. The Balaban J connectivity index is 2.11. The van der Waals surface area contributed by atoms with Gasteiger partial charge in [-0.3, -0.25) is 4.79 Å². The lowest BCUT2D eigenvalue weighted by atomic mass is 9.82. The maximum absolute atomic E-state index is 12.6. The molecular formula is C16H24N2O. The zero-order valence-corrected chi connectivity index (χ0v) is 11.9. The summed E-state index contributed by atoms with van der Waals surface area (Å²) in [6.45, 7) is 5.00. The van der Waals surface area contributed by atoms with Gasteiger partial charge in [0.1, 0.15) is 0 Å². The predicted octanol–water partition coefficient (Wildman–Crippen LogP) is 3.45. The number of hydrogen-bond acceptors (Lipinski definition) is 2. The molecule has 0 aromatic heterocycles. The number of rotatable bonds is 3. The number of nitrogens with zero attached hydrogens (tertiary/aromatic N) is 1. The lowest BCUT2D eigenvalue weighted by Crippen LogP contribution is -2.37. The molecule has 1 saturated carbocycles. The van der Waals surface area contributed by atoms with Crippen molar-refractivity contribution < 1.29 is 4.79 Å². The third-order valence-corrected chi connectivity index (χ3v) is 4.13. The summed E-state index contributed by atoms with van der Waals surface area (Å²) in [5, 5.41) is 0. The van der Waals surface area contributed by atoms with Gasteiger partial charge in [-0.15, -0.1) is 0 Å². The summed E-state index contributed by atoms with van der Waals surface area (Å²) in [5.74, 6) is 1.23. The van der Waals surface area contributed by atoms with Crippen LogP contribution in [0.5, 0.6) is 0 Å². The molecule has 0 atom stereocenters. The van der Waals surface area contributed by atoms with Gasteiger partial charge in [-0.2, -0.15) is 0 Å². The first-order chi connectivity index (χ1) is 9.11. The third kappa shape index (κ3) is 3.28. The lowest BCUT2D eigenvalue weighted by molar-refractivity contribution is -0.123. The highest BCUT2D eigenvalue weighted by Gasteiger charge is 2.28. The van der Waals surface area contributed by atoms with E-state index in [4.69, 9.17) is 5.73 Å². The number of benzene rings is 1. The van der Waals surface area contributed by atoms with Crippen LogP contribution in [0.15, 0.2) is 24.3 Å². The minimum absolute atomic E-state index is 0.192. The van der Waals surface area contributed by atoms with Gasteiger partial charge in [-0.05, 0) is 56.7 Å². The molecule has 1 aliphatic carbocycles. The van der Waals surface area contributed by atoms with Crippen molar-refractivity contribution >= 4 is 17.3 Å². The predicted molar refractivity (Wildman–Crippen MR) is 80.0 cm³/mol. The average molecular weight is 260 g/mol. The fraction of sp³-hybridized carbons (Fsp3) is 0.562. The number of carbonyl (C=O) groups excluding carboxylic acids is 1. The standard InChI is InChI=1S/C16H24N2O/c1-3-18(15-6-4-5-14(17)11-15)16(19)13-9-7-12(2)8-10-13/h4-6,11-13H,3,7-10,17H2,1-2H3. The van der Waals surface area contributed by atoms with Crippen molar-refractivity contribution in [3.63, 3.8) is 0 Å². The van der Waals surface area contributed by atoms with Crippen LogP contribution in [0.4, 0.5) is 11.4 Å². The Labute approximate surface area is 115 Å². The second-order valence-corrected chi connectivity index (χ2v) is 5.63. The molecule has 0 spiro atoms. The molecule has 0 unspecified atom stereocenters. The topological polar surface area (TPSA) is 46.3 Å². The van der Waals surface area contributed by atoms with Crippen molar-refractivity contribution in [2.24, 2.45) is 11.8 Å². The molecule has 1 fully saturated rings. The van der Waals surface area contributed by atoms with Crippen LogP contribution in [0.2, 0.25) is 0 Å². The summed E-state index contributed by atoms with van der Waals surface area (Å²) in [5.41, 5.74) is 7.44. The summed E-state index contributed by atoms with van der Waals surface area (Å²) < 4.78 is 0. The summed E-state index contributed by atoms with van der Waals surface area (Å²) >= 11 is 0. The van der Waals surface area contributed by atoms with E-state index in [1.165, 1.54) is 12.8 Å². The minimum atomic E-state index is 0.192. The molecule has 1 amide bonds. The molecule has 3 heteroatoms. The monoisotopic (exact) mass is 260 g/mol. The molecule has 104 valence electrons. The quantitative estimate of drug-likeness (QED) is 0.846. The smallest absolute Gasteiger partial charge is 0.230 e. The average Bonchev–Trinajstić information content (AvgIpc) is 2.40. The first-order valence-corrected chi connectivity index (χ1v) is 7.28. The zero-order chi connectivity index (χ0) is 13.8. The van der Waals surface area contributed by atoms with Crippen molar-refractivity contribution in [3.8, 4) is 0 Å². The molecule has 0 saturated heterocycles. The molecule has 0 aliphatic heterocycles. The van der Waals surface area contributed by atoms with E-state index in [1.807, 2.05) is 36.1 Å². The summed E-state index contributed by atoms with van der Waals surface area (Å²) in [4.78, 5) is 14.5. The van der Waals surface area contributed by atoms with Crippen LogP contribution in [0.25, 0.3) is 0 Å². The molecule has 1 aromatic carbocycles. The van der Waals surface area contributed by atoms with E-state index in [0.717, 1.165) is 24.4 Å². The van der Waals surface area contributed by atoms with Crippen LogP contribution in [0, 0.1) is 11.8 Å². The number of anilines is 2. The van der Waals surface area contributed by atoms with Gasteiger partial charge >= 0.3 is 0 Å². The Morgan fingerprint density at radius 1 is 1.32 bits per heavy atom. The number of nitrogens with two attached hydrogens (primary N) is 1. The van der Waals surface area contributed by atoms with E-state index in [9.17, 15) is 4.79 Å². The van der Waals surface area contributed by atoms with Gasteiger partial charge in [0.05, 0.1) is 0 Å². The van der Waals surface area contributed by atoms with E-state index in [1.54, 1.807) is 0 Å². The third-order valence-electron chi connectivity index (χ3n) is 4.13. The van der Waals surface area contributed by atoms with Crippen LogP contribution in [-0.2, 0) is 4.79 Å². The van der Waals surface area contributed by atoms with E-state index in [0.29, 0.717) is 12.2 Å². The highest BCUT2D eigenvalue weighted by molar-refractivity contribution is 5.95. The van der Waals surface area contributed by atoms with Crippen molar-refractivity contribution in [1.29, 1.82) is 0 Å². The Morgan fingerprint density at radius 2 is 2.00 bits per heavy atom. The molecular weight excluding hydrogens is 236 g/mol. The fourth-order valence-corrected chi connectivity index (χ4v) is 2.89. The Hall–Kier alpha value is -1.51. The van der Waals surface area contributed by atoms with Crippen molar-refractivity contribution in [2.45, 2.75) is 39.5 Å². The first-order valence-electron chi connectivity index (χ1n) is 7.28. The Kier molecular flexibility index (Phi) is 4.46. The molecule has 1 aromatic rings. The van der Waals surface area contributed by atoms with Crippen molar-refractivity contribution in [1.82, 2.24) is 0 Å². The van der Waals surface area contributed by atoms with E-state index < -0.39 is 0 Å². The molecule has 0 heterocycles. The van der Waals surface area contributed by atoms with Gasteiger partial charge in [0.2, 0.25) is 5.91 Å². The highest BCUT2D eigenvalue weighted by Crippen LogP contribution is 2.31. The van der Waals surface area contributed by atoms with Crippen LogP contribution >= 0.6 is 0 Å². The second kappa shape index (κ2) is 6.09. The van der Waals surface area contributed by atoms with Crippen LogP contribution in [-0.4, -0.2) is 12.5 Å². The lowest BCUT2D eigenvalue weighted by Gasteiger charge is -2.30. The molecule has 2 N–H and O–H groups in total. The molecule has 0 bridgehead atoms. The maximum Gasteiger partial charge on any atom is 0.230 e. The van der Waals surface area contributed by atoms with Gasteiger partial charge in [-0.1, -0.05) is 13.0 Å². The van der Waals surface area contributed by atoms with Gasteiger partial charge in [0, 0.05) is 23.8 Å². The van der Waals surface area contributed by atoms with Crippen LogP contribution in [0.3, 0.4) is 0 Å². The molecule has 3 nitrogen and oxygen atoms in total. The molecule has 19 heavy (non-hydrogen) atoms. The number of hydrogen-bond donors (Lipinski definition) is 1. The Morgan fingerprint density at radius 3 is 2.58 bits per heavy atom. The van der Waals surface area contributed by atoms with Gasteiger partial charge in [0.25, 0.3) is 0 Å². The largest absolute Gasteiger partial charge is 0.399 e. The van der Waals surface area contributed by atoms with Crippen LogP contribution in [0.1, 0.15) is 39.5 Å². The molecule has 0 radical (unpaired) electrons. The minimum Gasteiger partial charge on any atom is -0.399 e. The zero-order valence-electron chi connectivity index (χ0n) is 11.9. The van der Waals surface area contributed by atoms with Crippen molar-refractivity contribution in [2.75, 3.05) is 17.2 Å². The second-order valence-electron chi connectivity index (χ2n) is 5.63. The van der Waals surface area contributed by atoms with Gasteiger partial charge in [0.15, 0.2) is 0 Å². The van der Waals surface area contributed by atoms with Gasteiger partial charge in [-0.25, -0.2) is 0 Å². The highest BCUT2D eigenvalue weighted by atomic mass is 16.2. The summed E-state index contributed by atoms with van der Waals surface area (Å²) in [6.07, 6.45) is 4.40. The van der Waals surface area contributed by atoms with Crippen LogP contribution < -0.4 is 10.6 Å².